The highest BCUT2D eigenvalue weighted by atomic mass is 32.2. The van der Waals surface area contributed by atoms with Crippen molar-refractivity contribution in [2.45, 2.75) is 55.9 Å². The van der Waals surface area contributed by atoms with E-state index in [1.54, 1.807) is 10.6 Å². The van der Waals surface area contributed by atoms with Crippen molar-refractivity contribution in [2.24, 2.45) is 5.92 Å². The summed E-state index contributed by atoms with van der Waals surface area (Å²) in [5.74, 6) is 0.474. The summed E-state index contributed by atoms with van der Waals surface area (Å²) in [7, 11) is -2.61. The number of hydrogen-bond acceptors (Lipinski definition) is 5. The first-order valence-electron chi connectivity index (χ1n) is 11.8. The molecule has 1 aromatic heterocycles. The number of aromatic nitrogens is 1. The first-order chi connectivity index (χ1) is 16.3. The van der Waals surface area contributed by atoms with Gasteiger partial charge in [-0.05, 0) is 61.6 Å². The Kier molecular flexibility index (Phi) is 6.98. The second-order valence-electron chi connectivity index (χ2n) is 9.06. The Morgan fingerprint density at radius 2 is 1.91 bits per heavy atom. The molecule has 1 fully saturated rings. The molecule has 0 radical (unpaired) electrons. The van der Waals surface area contributed by atoms with Crippen LogP contribution in [0.4, 0.5) is 10.1 Å². The molecule has 0 bridgehead atoms. The average Bonchev–Trinajstić information content (AvgIpc) is 2.83. The van der Waals surface area contributed by atoms with E-state index in [2.05, 4.69) is 6.92 Å². The molecule has 0 saturated carbocycles. The molecule has 1 saturated heterocycles. The van der Waals surface area contributed by atoms with Gasteiger partial charge in [0.15, 0.2) is 0 Å². The van der Waals surface area contributed by atoms with Crippen LogP contribution in [0.25, 0.3) is 10.9 Å². The number of halogens is 1. The van der Waals surface area contributed by atoms with Gasteiger partial charge in [-0.3, -0.25) is 4.79 Å². The Hall–Kier alpha value is -2.87. The predicted molar refractivity (Wildman–Crippen MR) is 132 cm³/mol. The SMILES string of the molecule is CCCCn1cc(S(=O)(=O)c2ccc(OC)cc2)c(=O)c2cc(F)c(N3CCCC(C)C3)cc21. The van der Waals surface area contributed by atoms with Gasteiger partial charge in [0.1, 0.15) is 16.5 Å². The van der Waals surface area contributed by atoms with Crippen LogP contribution in [-0.2, 0) is 16.4 Å². The quantitative estimate of drug-likeness (QED) is 0.469. The van der Waals surface area contributed by atoms with E-state index in [1.807, 2.05) is 11.8 Å². The lowest BCUT2D eigenvalue weighted by Crippen LogP contribution is -2.35. The summed E-state index contributed by atoms with van der Waals surface area (Å²) < 4.78 is 49.0. The lowest BCUT2D eigenvalue weighted by atomic mass is 9.99. The van der Waals surface area contributed by atoms with Crippen molar-refractivity contribution in [1.29, 1.82) is 0 Å². The third-order valence-electron chi connectivity index (χ3n) is 6.53. The molecule has 4 rings (SSSR count). The summed E-state index contributed by atoms with van der Waals surface area (Å²) in [6, 6.07) is 8.82. The van der Waals surface area contributed by atoms with Crippen LogP contribution in [0.3, 0.4) is 0 Å². The molecule has 0 amide bonds. The molecule has 8 heteroatoms. The highest BCUT2D eigenvalue weighted by molar-refractivity contribution is 7.91. The fourth-order valence-corrected chi connectivity index (χ4v) is 5.98. The van der Waals surface area contributed by atoms with Crippen molar-refractivity contribution in [3.63, 3.8) is 0 Å². The zero-order chi connectivity index (χ0) is 24.5. The summed E-state index contributed by atoms with van der Waals surface area (Å²) in [5.41, 5.74) is 0.340. The van der Waals surface area contributed by atoms with Crippen molar-refractivity contribution < 1.29 is 17.5 Å². The van der Waals surface area contributed by atoms with E-state index in [0.29, 0.717) is 29.4 Å². The number of unbranched alkanes of at least 4 members (excludes halogenated alkanes) is 1. The van der Waals surface area contributed by atoms with E-state index in [4.69, 9.17) is 4.74 Å². The number of sulfone groups is 1. The summed E-state index contributed by atoms with van der Waals surface area (Å²) in [6.45, 7) is 6.24. The summed E-state index contributed by atoms with van der Waals surface area (Å²) in [4.78, 5) is 15.1. The monoisotopic (exact) mass is 486 g/mol. The smallest absolute Gasteiger partial charge is 0.211 e. The molecule has 0 spiro atoms. The molecule has 1 unspecified atom stereocenters. The maximum Gasteiger partial charge on any atom is 0.211 e. The lowest BCUT2D eigenvalue weighted by Gasteiger charge is -2.33. The number of benzene rings is 2. The van der Waals surface area contributed by atoms with Gasteiger partial charge in [0.25, 0.3) is 0 Å². The van der Waals surface area contributed by atoms with Crippen molar-refractivity contribution >= 4 is 26.4 Å². The van der Waals surface area contributed by atoms with E-state index >= 15 is 4.39 Å². The standard InChI is InChI=1S/C26H31FN2O4S/c1-4-5-12-29-17-25(34(31,32)20-10-8-19(33-3)9-11-20)26(30)21-14-22(27)24(15-23(21)29)28-13-6-7-18(2)16-28/h8-11,14-15,17-18H,4-7,12-13,16H2,1-3H3. The van der Waals surface area contributed by atoms with E-state index in [1.165, 1.54) is 43.6 Å². The molecule has 1 aliphatic rings. The predicted octanol–water partition coefficient (Wildman–Crippen LogP) is 5.02. The van der Waals surface area contributed by atoms with E-state index < -0.39 is 21.1 Å². The van der Waals surface area contributed by atoms with Gasteiger partial charge < -0.3 is 14.2 Å². The minimum Gasteiger partial charge on any atom is -0.497 e. The summed E-state index contributed by atoms with van der Waals surface area (Å²) in [5, 5.41) is 0.0806. The Labute approximate surface area is 199 Å². The Morgan fingerprint density at radius 1 is 1.18 bits per heavy atom. The van der Waals surface area contributed by atoms with E-state index in [0.717, 1.165) is 38.8 Å². The van der Waals surface area contributed by atoms with E-state index in [-0.39, 0.29) is 15.2 Å². The van der Waals surface area contributed by atoms with Gasteiger partial charge in [-0.1, -0.05) is 20.3 Å². The molecule has 6 nitrogen and oxygen atoms in total. The number of ether oxygens (including phenoxy) is 1. The maximum atomic E-state index is 15.3. The number of piperidine rings is 1. The molecule has 182 valence electrons. The molecule has 1 aliphatic heterocycles. The minimum absolute atomic E-state index is 0.00816. The van der Waals surface area contributed by atoms with Crippen molar-refractivity contribution in [1.82, 2.24) is 4.57 Å². The van der Waals surface area contributed by atoms with Gasteiger partial charge in [0, 0.05) is 25.8 Å². The van der Waals surface area contributed by atoms with Crippen LogP contribution in [0.2, 0.25) is 0 Å². The molecule has 2 aromatic carbocycles. The van der Waals surface area contributed by atoms with Crippen molar-refractivity contribution in [3.8, 4) is 5.75 Å². The third-order valence-corrected chi connectivity index (χ3v) is 8.29. The van der Waals surface area contributed by atoms with Gasteiger partial charge in [0.2, 0.25) is 15.3 Å². The van der Waals surface area contributed by atoms with Crippen LogP contribution in [0.15, 0.2) is 57.2 Å². The molecule has 34 heavy (non-hydrogen) atoms. The summed E-state index contributed by atoms with van der Waals surface area (Å²) in [6.07, 6.45) is 5.21. The number of nitrogens with zero attached hydrogens (tertiary/aromatic N) is 2. The minimum atomic E-state index is -4.11. The second kappa shape index (κ2) is 9.78. The number of methoxy groups -OCH3 is 1. The first kappa shape index (κ1) is 24.3. The van der Waals surface area contributed by atoms with E-state index in [9.17, 15) is 13.2 Å². The zero-order valence-corrected chi connectivity index (χ0v) is 20.7. The van der Waals surface area contributed by atoms with Gasteiger partial charge in [-0.2, -0.15) is 0 Å². The average molecular weight is 487 g/mol. The zero-order valence-electron chi connectivity index (χ0n) is 19.9. The second-order valence-corrected chi connectivity index (χ2v) is 11.0. The molecule has 3 aromatic rings. The van der Waals surface area contributed by atoms with Gasteiger partial charge in [0.05, 0.1) is 28.6 Å². The van der Waals surface area contributed by atoms with Crippen LogP contribution in [0.5, 0.6) is 5.75 Å². The Balaban J connectivity index is 1.90. The number of hydrogen-bond donors (Lipinski definition) is 0. The van der Waals surface area contributed by atoms with Gasteiger partial charge >= 0.3 is 0 Å². The number of pyridine rings is 1. The molecule has 0 aliphatic carbocycles. The van der Waals surface area contributed by atoms with Crippen LogP contribution >= 0.6 is 0 Å². The molecule has 1 atom stereocenters. The molecular formula is C26H31FN2O4S. The Morgan fingerprint density at radius 3 is 2.56 bits per heavy atom. The summed E-state index contributed by atoms with van der Waals surface area (Å²) >= 11 is 0. The van der Waals surface area contributed by atoms with Crippen LogP contribution in [0.1, 0.15) is 39.5 Å². The fraction of sp³-hybridized carbons (Fsp3) is 0.423. The van der Waals surface area contributed by atoms with Crippen LogP contribution in [0, 0.1) is 11.7 Å². The van der Waals surface area contributed by atoms with Crippen LogP contribution < -0.4 is 15.1 Å². The van der Waals surface area contributed by atoms with Gasteiger partial charge in [-0.15, -0.1) is 0 Å². The fourth-order valence-electron chi connectivity index (χ4n) is 4.61. The van der Waals surface area contributed by atoms with Crippen molar-refractivity contribution in [3.05, 3.63) is 58.6 Å². The highest BCUT2D eigenvalue weighted by Gasteiger charge is 2.26. The number of aryl methyl sites for hydroxylation is 1. The normalized spacial score (nSPS) is 16.7. The van der Waals surface area contributed by atoms with Gasteiger partial charge in [-0.25, -0.2) is 12.8 Å². The highest BCUT2D eigenvalue weighted by Crippen LogP contribution is 2.30. The molecule has 0 N–H and O–H groups in total. The number of anilines is 1. The third kappa shape index (κ3) is 4.56. The molecule has 2 heterocycles. The molecular weight excluding hydrogens is 455 g/mol. The Bertz CT molecular complexity index is 1350. The van der Waals surface area contributed by atoms with Crippen molar-refractivity contribution in [2.75, 3.05) is 25.1 Å². The topological polar surface area (TPSA) is 68.6 Å². The lowest BCUT2D eigenvalue weighted by molar-refractivity contribution is 0.414. The largest absolute Gasteiger partial charge is 0.497 e. The number of rotatable bonds is 7. The maximum absolute atomic E-state index is 15.3. The van der Waals surface area contributed by atoms with Crippen LogP contribution in [-0.4, -0.2) is 33.2 Å². The first-order valence-corrected chi connectivity index (χ1v) is 13.3. The number of fused-ring (bicyclic) bond motifs is 1.